The van der Waals surface area contributed by atoms with Gasteiger partial charge in [-0.25, -0.2) is 4.79 Å². The summed E-state index contributed by atoms with van der Waals surface area (Å²) in [6.45, 7) is 0. The van der Waals surface area contributed by atoms with Crippen LogP contribution in [0.5, 0.6) is 11.5 Å². The number of nitro groups is 2. The van der Waals surface area contributed by atoms with Crippen LogP contribution < -0.4 is 14.9 Å². The minimum absolute atomic E-state index is 0.0602. The number of nitro benzene ring substituents is 2. The molecule has 11 nitrogen and oxygen atoms in total. The zero-order valence-electron chi connectivity index (χ0n) is 16.6. The first-order chi connectivity index (χ1) is 15.4. The highest BCUT2D eigenvalue weighted by Crippen LogP contribution is 2.28. The number of ether oxygens (including phenoxy) is 2. The van der Waals surface area contributed by atoms with Crippen LogP contribution in [0.1, 0.15) is 15.9 Å². The minimum atomic E-state index is -0.753. The summed E-state index contributed by atoms with van der Waals surface area (Å²) in [6, 6.07) is 15.7. The Hall–Kier alpha value is -4.80. The summed E-state index contributed by atoms with van der Waals surface area (Å²) in [7, 11) is 1.49. The first-order valence-corrected chi connectivity index (χ1v) is 9.05. The number of hydrogen-bond donors (Lipinski definition) is 1. The molecule has 0 aliphatic carbocycles. The second-order valence-corrected chi connectivity index (χ2v) is 6.28. The summed E-state index contributed by atoms with van der Waals surface area (Å²) in [4.78, 5) is 33.2. The summed E-state index contributed by atoms with van der Waals surface area (Å²) in [5.74, 6) is -0.410. The van der Waals surface area contributed by atoms with Crippen LogP contribution in [0.3, 0.4) is 0 Å². The lowest BCUT2D eigenvalue weighted by atomic mass is 10.2. The molecule has 11 heteroatoms. The topological polar surface area (TPSA) is 146 Å². The molecule has 0 aliphatic heterocycles. The maximum Gasteiger partial charge on any atom is 0.343 e. The van der Waals surface area contributed by atoms with Gasteiger partial charge in [-0.1, -0.05) is 0 Å². The second-order valence-electron chi connectivity index (χ2n) is 6.28. The Morgan fingerprint density at radius 3 is 2.25 bits per heavy atom. The van der Waals surface area contributed by atoms with Crippen molar-refractivity contribution in [2.45, 2.75) is 0 Å². The highest BCUT2D eigenvalue weighted by molar-refractivity contribution is 5.92. The quantitative estimate of drug-likeness (QED) is 0.182. The van der Waals surface area contributed by atoms with Crippen LogP contribution in [0, 0.1) is 20.2 Å². The van der Waals surface area contributed by atoms with Gasteiger partial charge in [0.2, 0.25) is 5.75 Å². The number of non-ortho nitro benzene ring substituents is 1. The van der Waals surface area contributed by atoms with E-state index in [1.54, 1.807) is 12.1 Å². The summed E-state index contributed by atoms with van der Waals surface area (Å²) < 4.78 is 10.2. The predicted molar refractivity (Wildman–Crippen MR) is 115 cm³/mol. The van der Waals surface area contributed by atoms with Crippen molar-refractivity contribution in [2.75, 3.05) is 12.5 Å². The van der Waals surface area contributed by atoms with Gasteiger partial charge in [0.1, 0.15) is 5.75 Å². The third-order valence-corrected chi connectivity index (χ3v) is 4.19. The van der Waals surface area contributed by atoms with E-state index in [0.717, 1.165) is 0 Å². The van der Waals surface area contributed by atoms with Crippen molar-refractivity contribution in [3.05, 3.63) is 98.1 Å². The van der Waals surface area contributed by atoms with E-state index in [9.17, 15) is 25.0 Å². The summed E-state index contributed by atoms with van der Waals surface area (Å²) >= 11 is 0. The van der Waals surface area contributed by atoms with Gasteiger partial charge < -0.3 is 9.47 Å². The highest BCUT2D eigenvalue weighted by atomic mass is 16.6. The molecule has 0 aliphatic rings. The number of hydrogen-bond acceptors (Lipinski definition) is 9. The molecule has 0 saturated heterocycles. The molecule has 32 heavy (non-hydrogen) atoms. The van der Waals surface area contributed by atoms with Crippen molar-refractivity contribution < 1.29 is 24.1 Å². The molecule has 0 bridgehead atoms. The zero-order valence-corrected chi connectivity index (χ0v) is 16.6. The lowest BCUT2D eigenvalue weighted by Gasteiger charge is -2.06. The van der Waals surface area contributed by atoms with E-state index in [2.05, 4.69) is 10.5 Å². The SMILES string of the molecule is COc1ccc(C(=O)Oc2ccc(/C=N/Nc3ccc([N+](=O)[O-])cc3)cc2[N+](=O)[O-])cc1. The first-order valence-electron chi connectivity index (χ1n) is 9.05. The number of rotatable bonds is 8. The largest absolute Gasteiger partial charge is 0.497 e. The molecule has 3 aromatic rings. The number of anilines is 1. The lowest BCUT2D eigenvalue weighted by Crippen LogP contribution is -2.10. The Morgan fingerprint density at radius 2 is 1.66 bits per heavy atom. The molecule has 0 aromatic heterocycles. The number of nitrogens with one attached hydrogen (secondary N) is 1. The maximum absolute atomic E-state index is 12.3. The molecule has 162 valence electrons. The van der Waals surface area contributed by atoms with E-state index in [4.69, 9.17) is 9.47 Å². The lowest BCUT2D eigenvalue weighted by molar-refractivity contribution is -0.385. The Labute approximate surface area is 181 Å². The van der Waals surface area contributed by atoms with E-state index >= 15 is 0 Å². The van der Waals surface area contributed by atoms with Crippen molar-refractivity contribution in [1.29, 1.82) is 0 Å². The Kier molecular flexibility index (Phi) is 6.71. The third kappa shape index (κ3) is 5.42. The zero-order chi connectivity index (χ0) is 23.1. The number of carbonyl (C=O) groups excluding carboxylic acids is 1. The standard InChI is InChI=1S/C21H16N4O7/c1-31-18-9-3-15(4-10-18)21(26)32-20-11-2-14(12-19(20)25(29)30)13-22-23-16-5-7-17(8-6-16)24(27)28/h2-13,23H,1H3/b22-13+. The average Bonchev–Trinajstić information content (AvgIpc) is 2.80. The monoisotopic (exact) mass is 436 g/mol. The van der Waals surface area contributed by atoms with Crippen molar-refractivity contribution in [1.82, 2.24) is 0 Å². The van der Waals surface area contributed by atoms with Crippen molar-refractivity contribution in [2.24, 2.45) is 5.10 Å². The van der Waals surface area contributed by atoms with Crippen LogP contribution in [0.15, 0.2) is 71.8 Å². The molecule has 0 fully saturated rings. The summed E-state index contributed by atoms with van der Waals surface area (Å²) in [5, 5.41) is 26.1. The second kappa shape index (κ2) is 9.80. The number of carbonyl (C=O) groups is 1. The predicted octanol–water partition coefficient (Wildman–Crippen LogP) is 4.18. The molecule has 0 heterocycles. The molecule has 0 saturated carbocycles. The van der Waals surface area contributed by atoms with Crippen LogP contribution in [0.25, 0.3) is 0 Å². The van der Waals surface area contributed by atoms with Crippen molar-refractivity contribution >= 4 is 29.2 Å². The average molecular weight is 436 g/mol. The maximum atomic E-state index is 12.3. The number of benzene rings is 3. The van der Waals surface area contributed by atoms with E-state index in [1.807, 2.05) is 0 Å². The number of nitrogens with zero attached hydrogens (tertiary/aromatic N) is 3. The fourth-order valence-corrected chi connectivity index (χ4v) is 2.57. The Balaban J connectivity index is 1.72. The van der Waals surface area contributed by atoms with Gasteiger partial charge >= 0.3 is 11.7 Å². The Bertz CT molecular complexity index is 1180. The number of esters is 1. The van der Waals surface area contributed by atoms with E-state index in [-0.39, 0.29) is 17.0 Å². The third-order valence-electron chi connectivity index (χ3n) is 4.19. The van der Waals surface area contributed by atoms with Crippen LogP contribution in [0.4, 0.5) is 17.1 Å². The molecular formula is C21H16N4O7. The summed E-state index contributed by atoms with van der Waals surface area (Å²) in [6.07, 6.45) is 1.32. The van der Waals surface area contributed by atoms with Gasteiger partial charge in [-0.3, -0.25) is 25.7 Å². The van der Waals surface area contributed by atoms with Crippen LogP contribution in [0.2, 0.25) is 0 Å². The molecule has 0 radical (unpaired) electrons. The van der Waals surface area contributed by atoms with Gasteiger partial charge in [0, 0.05) is 23.8 Å². The molecule has 0 amide bonds. The van der Waals surface area contributed by atoms with Crippen molar-refractivity contribution in [3.8, 4) is 11.5 Å². The highest BCUT2D eigenvalue weighted by Gasteiger charge is 2.19. The molecule has 0 spiro atoms. The fraction of sp³-hybridized carbons (Fsp3) is 0.0476. The molecule has 0 atom stereocenters. The van der Waals surface area contributed by atoms with Gasteiger partial charge in [0.15, 0.2) is 0 Å². The van der Waals surface area contributed by atoms with Crippen LogP contribution in [-0.2, 0) is 0 Å². The molecule has 3 aromatic carbocycles. The smallest absolute Gasteiger partial charge is 0.343 e. The van der Waals surface area contributed by atoms with E-state index in [1.165, 1.54) is 67.9 Å². The molecular weight excluding hydrogens is 420 g/mol. The van der Waals surface area contributed by atoms with Gasteiger partial charge in [-0.05, 0) is 48.5 Å². The molecule has 3 rings (SSSR count). The molecule has 0 unspecified atom stereocenters. The van der Waals surface area contributed by atoms with E-state index in [0.29, 0.717) is 17.0 Å². The minimum Gasteiger partial charge on any atom is -0.497 e. The number of methoxy groups -OCH3 is 1. The molecule has 1 N–H and O–H groups in total. The first kappa shape index (κ1) is 21.9. The van der Waals surface area contributed by atoms with Gasteiger partial charge in [-0.15, -0.1) is 0 Å². The van der Waals surface area contributed by atoms with Crippen LogP contribution in [-0.4, -0.2) is 29.1 Å². The van der Waals surface area contributed by atoms with Crippen LogP contribution >= 0.6 is 0 Å². The Morgan fingerprint density at radius 1 is 0.969 bits per heavy atom. The van der Waals surface area contributed by atoms with Gasteiger partial charge in [-0.2, -0.15) is 5.10 Å². The normalized spacial score (nSPS) is 10.5. The van der Waals surface area contributed by atoms with Crippen molar-refractivity contribution in [3.63, 3.8) is 0 Å². The number of hydrazone groups is 1. The van der Waals surface area contributed by atoms with E-state index < -0.39 is 21.5 Å². The van der Waals surface area contributed by atoms with Gasteiger partial charge in [0.05, 0.1) is 34.4 Å². The van der Waals surface area contributed by atoms with Gasteiger partial charge in [0.25, 0.3) is 5.69 Å². The fourth-order valence-electron chi connectivity index (χ4n) is 2.57. The summed E-state index contributed by atoms with van der Waals surface area (Å²) in [5.41, 5.74) is 3.27.